The van der Waals surface area contributed by atoms with E-state index in [-0.39, 0.29) is 16.2 Å². The number of esters is 1. The molecule has 0 bridgehead atoms. The highest BCUT2D eigenvalue weighted by molar-refractivity contribution is 9.09. The van der Waals surface area contributed by atoms with Crippen molar-refractivity contribution in [2.75, 3.05) is 6.61 Å². The van der Waals surface area contributed by atoms with Crippen LogP contribution in [-0.4, -0.2) is 17.4 Å². The van der Waals surface area contributed by atoms with Gasteiger partial charge in [-0.2, -0.15) is 0 Å². The molecule has 0 heterocycles. The molecule has 0 aromatic carbocycles. The zero-order chi connectivity index (χ0) is 8.48. The lowest BCUT2D eigenvalue weighted by molar-refractivity contribution is -0.149. The van der Waals surface area contributed by atoms with Crippen molar-refractivity contribution in [3.8, 4) is 0 Å². The van der Waals surface area contributed by atoms with Crippen LogP contribution in [0.25, 0.3) is 0 Å². The smallest absolute Gasteiger partial charge is 0.311 e. The van der Waals surface area contributed by atoms with Gasteiger partial charge in [0.15, 0.2) is 0 Å². The molecule has 0 aromatic rings. The highest BCUT2D eigenvalue weighted by Gasteiger charge is 2.46. The summed E-state index contributed by atoms with van der Waals surface area (Å²) in [5.41, 5.74) is -0.137. The Morgan fingerprint density at radius 3 is 2.64 bits per heavy atom. The van der Waals surface area contributed by atoms with E-state index in [4.69, 9.17) is 4.74 Å². The van der Waals surface area contributed by atoms with E-state index in [0.717, 1.165) is 12.8 Å². The number of hydrogen-bond donors (Lipinski definition) is 0. The third kappa shape index (κ3) is 2.47. The van der Waals surface area contributed by atoms with Crippen LogP contribution in [0.1, 0.15) is 26.7 Å². The first kappa shape index (κ1) is 9.04. The number of rotatable bonds is 3. The molecule has 0 saturated heterocycles. The van der Waals surface area contributed by atoms with Crippen molar-refractivity contribution in [2.24, 2.45) is 5.41 Å². The highest BCUT2D eigenvalue weighted by Crippen LogP contribution is 2.45. The Morgan fingerprint density at radius 2 is 2.27 bits per heavy atom. The fourth-order valence-corrected chi connectivity index (χ4v) is 0.889. The maximum Gasteiger partial charge on any atom is 0.311 e. The molecule has 0 aliphatic heterocycles. The number of ether oxygens (including phenoxy) is 1. The van der Waals surface area contributed by atoms with Gasteiger partial charge in [-0.25, -0.2) is 0 Å². The Bertz CT molecular complexity index is 161. The lowest BCUT2D eigenvalue weighted by Crippen LogP contribution is -2.18. The molecule has 0 N–H and O–H groups in total. The molecule has 1 saturated carbocycles. The number of alkyl halides is 1. The molecule has 0 spiro atoms. The minimum atomic E-state index is -0.137. The van der Waals surface area contributed by atoms with Crippen LogP contribution in [0, 0.1) is 5.41 Å². The summed E-state index contributed by atoms with van der Waals surface area (Å²) in [6.07, 6.45) is 1.98. The van der Waals surface area contributed by atoms with E-state index < -0.39 is 0 Å². The Balaban J connectivity index is 2.22. The van der Waals surface area contributed by atoms with Crippen LogP contribution in [0.5, 0.6) is 0 Å². The minimum absolute atomic E-state index is 0.0381. The first-order valence-electron chi connectivity index (χ1n) is 3.86. The predicted molar refractivity (Wildman–Crippen MR) is 46.7 cm³/mol. The summed E-state index contributed by atoms with van der Waals surface area (Å²) in [5, 5.41) is 0. The van der Waals surface area contributed by atoms with Crippen molar-refractivity contribution in [1.82, 2.24) is 0 Å². The fourth-order valence-electron chi connectivity index (χ4n) is 0.756. The average Bonchev–Trinajstić information content (AvgIpc) is 2.64. The van der Waals surface area contributed by atoms with Crippen molar-refractivity contribution in [3.63, 3.8) is 0 Å². The molecule has 1 fully saturated rings. The number of hydrogen-bond acceptors (Lipinski definition) is 2. The van der Waals surface area contributed by atoms with Gasteiger partial charge in [0.2, 0.25) is 0 Å². The Morgan fingerprint density at radius 1 is 1.73 bits per heavy atom. The van der Waals surface area contributed by atoms with E-state index in [2.05, 4.69) is 15.9 Å². The molecule has 64 valence electrons. The standard InChI is InChI=1S/C8H13BrO2/c1-6(9)5-11-7(10)8(2)3-4-8/h6H,3-5H2,1-2H3. The summed E-state index contributed by atoms with van der Waals surface area (Å²) >= 11 is 3.31. The van der Waals surface area contributed by atoms with E-state index in [1.165, 1.54) is 0 Å². The van der Waals surface area contributed by atoms with Gasteiger partial charge in [0, 0.05) is 4.83 Å². The van der Waals surface area contributed by atoms with Crippen LogP contribution in [0.3, 0.4) is 0 Å². The van der Waals surface area contributed by atoms with E-state index >= 15 is 0 Å². The van der Waals surface area contributed by atoms with E-state index in [0.29, 0.717) is 6.61 Å². The molecule has 0 radical (unpaired) electrons. The van der Waals surface area contributed by atoms with Gasteiger partial charge in [-0.05, 0) is 26.7 Å². The van der Waals surface area contributed by atoms with E-state index in [1.54, 1.807) is 0 Å². The SMILES string of the molecule is CC(Br)COC(=O)C1(C)CC1. The van der Waals surface area contributed by atoms with Crippen molar-refractivity contribution in [3.05, 3.63) is 0 Å². The molecule has 1 aliphatic rings. The van der Waals surface area contributed by atoms with Crippen molar-refractivity contribution < 1.29 is 9.53 Å². The van der Waals surface area contributed by atoms with Crippen LogP contribution >= 0.6 is 15.9 Å². The van der Waals surface area contributed by atoms with Gasteiger partial charge < -0.3 is 4.74 Å². The molecule has 11 heavy (non-hydrogen) atoms. The van der Waals surface area contributed by atoms with Crippen LogP contribution < -0.4 is 0 Å². The lowest BCUT2D eigenvalue weighted by Gasteiger charge is -2.09. The van der Waals surface area contributed by atoms with Gasteiger partial charge in [0.05, 0.1) is 5.41 Å². The number of carbonyl (C=O) groups is 1. The maximum atomic E-state index is 11.2. The molecular formula is C8H13BrO2. The second-order valence-electron chi connectivity index (χ2n) is 3.44. The highest BCUT2D eigenvalue weighted by atomic mass is 79.9. The normalized spacial score (nSPS) is 22.5. The van der Waals surface area contributed by atoms with Gasteiger partial charge in [0.1, 0.15) is 6.61 Å². The van der Waals surface area contributed by atoms with Crippen molar-refractivity contribution in [2.45, 2.75) is 31.5 Å². The lowest BCUT2D eigenvalue weighted by atomic mass is 10.1. The second kappa shape index (κ2) is 3.13. The molecule has 1 atom stereocenters. The molecule has 1 unspecified atom stereocenters. The molecule has 1 aliphatic carbocycles. The number of halogens is 1. The summed E-state index contributed by atoms with van der Waals surface area (Å²) in [6, 6.07) is 0. The predicted octanol–water partition coefficient (Wildman–Crippen LogP) is 2.11. The molecule has 2 nitrogen and oxygen atoms in total. The quantitative estimate of drug-likeness (QED) is 0.539. The maximum absolute atomic E-state index is 11.2. The molecule has 0 aromatic heterocycles. The topological polar surface area (TPSA) is 26.3 Å². The zero-order valence-corrected chi connectivity index (χ0v) is 8.48. The Hall–Kier alpha value is -0.0500. The first-order chi connectivity index (χ1) is 5.04. The number of carbonyl (C=O) groups excluding carboxylic acids is 1. The van der Waals surface area contributed by atoms with Gasteiger partial charge >= 0.3 is 5.97 Å². The van der Waals surface area contributed by atoms with Crippen molar-refractivity contribution >= 4 is 21.9 Å². The molecule has 3 heteroatoms. The molecule has 1 rings (SSSR count). The third-order valence-corrected chi connectivity index (χ3v) is 2.20. The monoisotopic (exact) mass is 220 g/mol. The molecular weight excluding hydrogens is 208 g/mol. The van der Waals surface area contributed by atoms with Crippen LogP contribution in [0.15, 0.2) is 0 Å². The van der Waals surface area contributed by atoms with Crippen LogP contribution in [0.2, 0.25) is 0 Å². The summed E-state index contributed by atoms with van der Waals surface area (Å²) < 4.78 is 5.04. The third-order valence-electron chi connectivity index (χ3n) is 1.94. The van der Waals surface area contributed by atoms with Crippen LogP contribution in [-0.2, 0) is 9.53 Å². The Kier molecular flexibility index (Phi) is 2.58. The van der Waals surface area contributed by atoms with Gasteiger partial charge in [0.25, 0.3) is 0 Å². The Labute approximate surface area is 75.4 Å². The van der Waals surface area contributed by atoms with Crippen LogP contribution in [0.4, 0.5) is 0 Å². The van der Waals surface area contributed by atoms with Gasteiger partial charge in [-0.15, -0.1) is 0 Å². The average molecular weight is 221 g/mol. The van der Waals surface area contributed by atoms with Gasteiger partial charge in [-0.3, -0.25) is 4.79 Å². The minimum Gasteiger partial charge on any atom is -0.464 e. The largest absolute Gasteiger partial charge is 0.464 e. The van der Waals surface area contributed by atoms with Gasteiger partial charge in [-0.1, -0.05) is 15.9 Å². The zero-order valence-electron chi connectivity index (χ0n) is 6.89. The summed E-state index contributed by atoms with van der Waals surface area (Å²) in [7, 11) is 0. The summed E-state index contributed by atoms with van der Waals surface area (Å²) in [6.45, 7) is 4.39. The van der Waals surface area contributed by atoms with E-state index in [1.807, 2.05) is 13.8 Å². The fraction of sp³-hybridized carbons (Fsp3) is 0.875. The summed E-state index contributed by atoms with van der Waals surface area (Å²) in [4.78, 5) is 11.4. The van der Waals surface area contributed by atoms with Crippen molar-refractivity contribution in [1.29, 1.82) is 0 Å². The first-order valence-corrected chi connectivity index (χ1v) is 4.77. The second-order valence-corrected chi connectivity index (χ2v) is 5.00. The molecule has 0 amide bonds. The summed E-state index contributed by atoms with van der Waals surface area (Å²) in [5.74, 6) is -0.0381. The van der Waals surface area contributed by atoms with E-state index in [9.17, 15) is 4.79 Å².